The van der Waals surface area contributed by atoms with Crippen LogP contribution in [0.15, 0.2) is 0 Å². The number of unbranched alkanes of at least 4 members (excludes halogenated alkanes) is 24. The molecule has 304 valence electrons. The Kier molecular flexibility index (Phi) is 41.3. The van der Waals surface area contributed by atoms with Crippen molar-refractivity contribution in [2.45, 2.75) is 245 Å². The summed E-state index contributed by atoms with van der Waals surface area (Å²) in [5, 5.41) is 0. The second-order valence-corrected chi connectivity index (χ2v) is 15.9. The molecule has 0 aromatic carbocycles. The van der Waals surface area contributed by atoms with E-state index < -0.39 is 0 Å². The molecule has 0 saturated carbocycles. The molecule has 0 rings (SSSR count). The molecule has 0 amide bonds. The Bertz CT molecular complexity index is 704. The summed E-state index contributed by atoms with van der Waals surface area (Å²) in [6.07, 6.45) is 40.0. The smallest absolute Gasteiger partial charge is 0.306 e. The quantitative estimate of drug-likeness (QED) is 0.0354. The summed E-state index contributed by atoms with van der Waals surface area (Å²) in [4.78, 5) is 27.3. The van der Waals surface area contributed by atoms with Gasteiger partial charge in [0.2, 0.25) is 0 Å². The zero-order valence-electron chi connectivity index (χ0n) is 34.6. The van der Waals surface area contributed by atoms with Crippen molar-refractivity contribution < 1.29 is 19.1 Å². The van der Waals surface area contributed by atoms with Crippen molar-refractivity contribution in [3.8, 4) is 0 Å². The number of carbonyl (C=O) groups excluding carboxylic acids is 2. The maximum absolute atomic E-state index is 12.7. The van der Waals surface area contributed by atoms with Crippen molar-refractivity contribution >= 4 is 23.5 Å². The average Bonchev–Trinajstić information content (AvgIpc) is 3.13. The third-order valence-corrected chi connectivity index (χ3v) is 10.7. The lowest BCUT2D eigenvalue weighted by atomic mass is 10.0. The van der Waals surface area contributed by atoms with Crippen molar-refractivity contribution in [3.63, 3.8) is 0 Å². The van der Waals surface area contributed by atoms with Crippen LogP contribution in [0, 0.1) is 0 Å². The van der Waals surface area contributed by atoms with Crippen LogP contribution in [0.5, 0.6) is 0 Å². The Morgan fingerprint density at radius 3 is 1.29 bits per heavy atom. The summed E-state index contributed by atoms with van der Waals surface area (Å²) >= 11 is 6.03. The molecule has 6 heteroatoms. The number of rotatable bonds is 42. The van der Waals surface area contributed by atoms with Gasteiger partial charge in [-0.15, -0.1) is 11.6 Å². The van der Waals surface area contributed by atoms with Crippen LogP contribution in [0.4, 0.5) is 0 Å². The fourth-order valence-electron chi connectivity index (χ4n) is 7.02. The van der Waals surface area contributed by atoms with Gasteiger partial charge >= 0.3 is 11.9 Å². The first-order valence-corrected chi connectivity index (χ1v) is 23.2. The monoisotopic (exact) mass is 742 g/mol. The van der Waals surface area contributed by atoms with E-state index in [4.69, 9.17) is 21.1 Å². The van der Waals surface area contributed by atoms with E-state index in [-0.39, 0.29) is 18.0 Å². The fraction of sp³-hybridized carbons (Fsp3) is 0.956. The third-order valence-electron chi connectivity index (χ3n) is 10.4. The number of esters is 2. The highest BCUT2D eigenvalue weighted by Gasteiger charge is 2.14. The molecule has 0 aromatic heterocycles. The molecule has 0 bridgehead atoms. The molecule has 0 saturated heterocycles. The molecule has 0 radical (unpaired) electrons. The van der Waals surface area contributed by atoms with Gasteiger partial charge in [0.1, 0.15) is 6.10 Å². The van der Waals surface area contributed by atoms with Gasteiger partial charge in [0, 0.05) is 18.7 Å². The Morgan fingerprint density at radius 2 is 0.824 bits per heavy atom. The van der Waals surface area contributed by atoms with Crippen LogP contribution in [0.3, 0.4) is 0 Å². The van der Waals surface area contributed by atoms with Crippen LogP contribution in [0.1, 0.15) is 239 Å². The average molecular weight is 743 g/mol. The van der Waals surface area contributed by atoms with E-state index in [2.05, 4.69) is 25.7 Å². The molecule has 0 heterocycles. The summed E-state index contributed by atoms with van der Waals surface area (Å²) in [6.45, 7) is 10.7. The summed E-state index contributed by atoms with van der Waals surface area (Å²) in [7, 11) is 0. The molecule has 51 heavy (non-hydrogen) atoms. The van der Waals surface area contributed by atoms with Gasteiger partial charge in [0.05, 0.1) is 6.61 Å². The number of nitrogens with zero attached hydrogens (tertiary/aromatic N) is 1. The molecular weight excluding hydrogens is 654 g/mol. The van der Waals surface area contributed by atoms with Crippen molar-refractivity contribution in [2.24, 2.45) is 0 Å². The molecule has 0 N–H and O–H groups in total. The summed E-state index contributed by atoms with van der Waals surface area (Å²) in [5.74, 6) is 0.739. The SMILES string of the molecule is CCCCCCCCCOC(=O)CCCCCCCN(CCCCl)CCCCCCCC(=O)OC(CCCCCCCC)CCCCCCCC. The molecule has 0 spiro atoms. The first kappa shape index (κ1) is 50.2. The van der Waals surface area contributed by atoms with Gasteiger partial charge < -0.3 is 14.4 Å². The minimum absolute atomic E-state index is 0.0144. The second kappa shape index (κ2) is 41.9. The Balaban J connectivity index is 4.02. The van der Waals surface area contributed by atoms with Crippen molar-refractivity contribution in [3.05, 3.63) is 0 Å². The van der Waals surface area contributed by atoms with Crippen LogP contribution < -0.4 is 0 Å². The zero-order valence-corrected chi connectivity index (χ0v) is 35.4. The predicted molar refractivity (Wildman–Crippen MR) is 222 cm³/mol. The minimum atomic E-state index is -0.0144. The first-order chi connectivity index (χ1) is 25.1. The fourth-order valence-corrected chi connectivity index (χ4v) is 7.14. The summed E-state index contributed by atoms with van der Waals surface area (Å²) in [5.41, 5.74) is 0. The molecule has 5 nitrogen and oxygen atoms in total. The Labute approximate surface area is 323 Å². The summed E-state index contributed by atoms with van der Waals surface area (Å²) in [6, 6.07) is 0. The van der Waals surface area contributed by atoms with E-state index in [0.717, 1.165) is 76.9 Å². The van der Waals surface area contributed by atoms with Crippen LogP contribution in [0.25, 0.3) is 0 Å². The first-order valence-electron chi connectivity index (χ1n) is 22.7. The summed E-state index contributed by atoms with van der Waals surface area (Å²) < 4.78 is 11.5. The van der Waals surface area contributed by atoms with E-state index >= 15 is 0 Å². The predicted octanol–water partition coefficient (Wildman–Crippen LogP) is 14.3. The molecule has 0 aromatic rings. The van der Waals surface area contributed by atoms with Crippen LogP contribution in [0.2, 0.25) is 0 Å². The second-order valence-electron chi connectivity index (χ2n) is 15.5. The number of carbonyl (C=O) groups is 2. The van der Waals surface area contributed by atoms with Gasteiger partial charge in [-0.3, -0.25) is 9.59 Å². The molecule has 0 aliphatic carbocycles. The standard InChI is InChI=1S/C45H88ClNO4/c1-4-7-10-13-16-25-32-42-50-44(48)36-28-21-17-23-30-39-47(41-33-38-46)40-31-24-18-22-29-37-45(49)51-43(34-26-19-14-11-8-5-2)35-27-20-15-12-9-6-3/h43H,4-42H2,1-3H3. The van der Waals surface area contributed by atoms with Gasteiger partial charge in [0.15, 0.2) is 0 Å². The zero-order chi connectivity index (χ0) is 37.3. The van der Waals surface area contributed by atoms with E-state index in [9.17, 15) is 9.59 Å². The highest BCUT2D eigenvalue weighted by Crippen LogP contribution is 2.18. The van der Waals surface area contributed by atoms with Crippen LogP contribution in [-0.2, 0) is 19.1 Å². The van der Waals surface area contributed by atoms with Crippen LogP contribution in [-0.4, -0.2) is 55.1 Å². The Hall–Kier alpha value is -0.810. The van der Waals surface area contributed by atoms with Crippen molar-refractivity contribution in [1.82, 2.24) is 4.90 Å². The molecule has 0 fully saturated rings. The lowest BCUT2D eigenvalue weighted by molar-refractivity contribution is -0.150. The lowest BCUT2D eigenvalue weighted by Gasteiger charge is -2.22. The molecule has 0 atom stereocenters. The minimum Gasteiger partial charge on any atom is -0.466 e. The number of ether oxygens (including phenoxy) is 2. The number of alkyl halides is 1. The van der Waals surface area contributed by atoms with Crippen molar-refractivity contribution in [2.75, 3.05) is 32.1 Å². The van der Waals surface area contributed by atoms with Gasteiger partial charge in [-0.05, 0) is 83.8 Å². The van der Waals surface area contributed by atoms with Crippen molar-refractivity contribution in [1.29, 1.82) is 0 Å². The van der Waals surface area contributed by atoms with Gasteiger partial charge in [-0.1, -0.05) is 162 Å². The maximum atomic E-state index is 12.7. The van der Waals surface area contributed by atoms with Crippen LogP contribution >= 0.6 is 11.6 Å². The topological polar surface area (TPSA) is 55.8 Å². The van der Waals surface area contributed by atoms with Gasteiger partial charge in [0.25, 0.3) is 0 Å². The highest BCUT2D eigenvalue weighted by molar-refractivity contribution is 6.17. The number of hydrogen-bond donors (Lipinski definition) is 0. The normalized spacial score (nSPS) is 11.6. The number of hydrogen-bond acceptors (Lipinski definition) is 5. The van der Waals surface area contributed by atoms with E-state index in [1.807, 2.05) is 0 Å². The highest BCUT2D eigenvalue weighted by atomic mass is 35.5. The number of halogens is 1. The largest absolute Gasteiger partial charge is 0.466 e. The Morgan fingerprint density at radius 1 is 0.451 bits per heavy atom. The van der Waals surface area contributed by atoms with Gasteiger partial charge in [-0.2, -0.15) is 0 Å². The van der Waals surface area contributed by atoms with E-state index in [1.165, 1.54) is 154 Å². The molecule has 0 unspecified atom stereocenters. The molecular formula is C45H88ClNO4. The molecule has 0 aliphatic rings. The maximum Gasteiger partial charge on any atom is 0.306 e. The van der Waals surface area contributed by atoms with E-state index in [0.29, 0.717) is 19.4 Å². The third kappa shape index (κ3) is 38.7. The van der Waals surface area contributed by atoms with E-state index in [1.54, 1.807) is 0 Å². The molecule has 0 aliphatic heterocycles. The lowest BCUT2D eigenvalue weighted by Crippen LogP contribution is -2.27. The van der Waals surface area contributed by atoms with Gasteiger partial charge in [-0.25, -0.2) is 0 Å².